The largest absolute Gasteiger partial charge is 0.394 e. The summed E-state index contributed by atoms with van der Waals surface area (Å²) in [5, 5.41) is 25.9. The van der Waals surface area contributed by atoms with Crippen LogP contribution in [-0.4, -0.2) is 46.2 Å². The van der Waals surface area contributed by atoms with Gasteiger partial charge in [0.05, 0.1) is 6.61 Å². The highest BCUT2D eigenvalue weighted by Crippen LogP contribution is 2.14. The first-order valence-electron chi connectivity index (χ1n) is 2.83. The van der Waals surface area contributed by atoms with Gasteiger partial charge in [0.25, 0.3) is 0 Å². The van der Waals surface area contributed by atoms with Crippen LogP contribution in [0.5, 0.6) is 0 Å². The Kier molecular flexibility index (Phi) is 2.00. The Morgan fingerprint density at radius 1 is 1.50 bits per heavy atom. The highest BCUT2D eigenvalue weighted by atomic mass is 16.6. The van der Waals surface area contributed by atoms with Crippen LogP contribution in [0.2, 0.25) is 0 Å². The summed E-state index contributed by atoms with van der Waals surface area (Å²) in [5.74, 6) is -0.793. The summed E-state index contributed by atoms with van der Waals surface area (Å²) in [5.41, 5.74) is 0. The van der Waals surface area contributed by atoms with E-state index in [1.807, 2.05) is 0 Å². The van der Waals surface area contributed by atoms with Crippen molar-refractivity contribution in [1.29, 1.82) is 0 Å². The Balaban J connectivity index is 2.61. The van der Waals surface area contributed by atoms with Gasteiger partial charge in [-0.15, -0.1) is 0 Å². The van der Waals surface area contributed by atoms with Gasteiger partial charge in [0, 0.05) is 0 Å². The molecule has 0 aliphatic carbocycles. The van der Waals surface area contributed by atoms with Crippen molar-refractivity contribution >= 4 is 5.78 Å². The molecular formula is C5H8O5. The lowest BCUT2D eigenvalue weighted by Gasteiger charge is -2.06. The minimum absolute atomic E-state index is 0.468. The van der Waals surface area contributed by atoms with Crippen molar-refractivity contribution in [3.05, 3.63) is 0 Å². The Hall–Kier alpha value is -0.490. The predicted molar refractivity (Wildman–Crippen MR) is 29.0 cm³/mol. The number of Topliss-reactive ketones (excluding diaryl/α,β-unsaturated/α-hetero) is 1. The lowest BCUT2D eigenvalue weighted by Crippen LogP contribution is -2.29. The first kappa shape index (κ1) is 7.62. The lowest BCUT2D eigenvalue weighted by molar-refractivity contribution is -0.145. The van der Waals surface area contributed by atoms with E-state index in [1.54, 1.807) is 0 Å². The first-order valence-corrected chi connectivity index (χ1v) is 2.83. The topological polar surface area (TPSA) is 87.0 Å². The van der Waals surface area contributed by atoms with Gasteiger partial charge in [-0.2, -0.15) is 0 Å². The standard InChI is InChI=1S/C5H8O5/c6-1-2-3(7)4(8)5(9)10-2/h2-3,5-7,9H,1H2. The second-order valence-corrected chi connectivity index (χ2v) is 2.06. The van der Waals surface area contributed by atoms with Crippen molar-refractivity contribution in [2.45, 2.75) is 18.5 Å². The van der Waals surface area contributed by atoms with Crippen LogP contribution in [0.3, 0.4) is 0 Å². The SMILES string of the molecule is O=C1C(O)OC(CO)C1O. The molecule has 1 fully saturated rings. The molecule has 0 aromatic carbocycles. The van der Waals surface area contributed by atoms with E-state index in [-0.39, 0.29) is 0 Å². The van der Waals surface area contributed by atoms with E-state index in [4.69, 9.17) is 15.3 Å². The van der Waals surface area contributed by atoms with Gasteiger partial charge in [-0.25, -0.2) is 0 Å². The minimum Gasteiger partial charge on any atom is -0.394 e. The number of ether oxygens (including phenoxy) is 1. The van der Waals surface area contributed by atoms with Crippen molar-refractivity contribution in [1.82, 2.24) is 0 Å². The monoisotopic (exact) mass is 148 g/mol. The van der Waals surface area contributed by atoms with E-state index in [2.05, 4.69) is 4.74 Å². The van der Waals surface area contributed by atoms with E-state index in [0.717, 1.165) is 0 Å². The van der Waals surface area contributed by atoms with E-state index in [0.29, 0.717) is 0 Å². The lowest BCUT2D eigenvalue weighted by atomic mass is 10.2. The molecule has 0 spiro atoms. The van der Waals surface area contributed by atoms with Crippen LogP contribution >= 0.6 is 0 Å². The average molecular weight is 148 g/mol. The summed E-state index contributed by atoms with van der Waals surface area (Å²) in [6, 6.07) is 0. The van der Waals surface area contributed by atoms with Gasteiger partial charge in [0.2, 0.25) is 12.1 Å². The van der Waals surface area contributed by atoms with Crippen molar-refractivity contribution in [3.63, 3.8) is 0 Å². The molecule has 0 radical (unpaired) electrons. The Morgan fingerprint density at radius 2 is 2.10 bits per heavy atom. The fourth-order valence-corrected chi connectivity index (χ4v) is 0.779. The molecule has 3 atom stereocenters. The third-order valence-electron chi connectivity index (χ3n) is 1.37. The van der Waals surface area contributed by atoms with Gasteiger partial charge < -0.3 is 20.1 Å². The molecule has 3 unspecified atom stereocenters. The van der Waals surface area contributed by atoms with Gasteiger partial charge in [-0.1, -0.05) is 0 Å². The summed E-state index contributed by atoms with van der Waals surface area (Å²) in [7, 11) is 0. The Morgan fingerprint density at radius 3 is 2.30 bits per heavy atom. The quantitative estimate of drug-likeness (QED) is 0.386. The average Bonchev–Trinajstić information content (AvgIpc) is 2.17. The van der Waals surface area contributed by atoms with Gasteiger partial charge in [-0.3, -0.25) is 4.79 Å². The zero-order chi connectivity index (χ0) is 7.72. The van der Waals surface area contributed by atoms with E-state index in [9.17, 15) is 4.79 Å². The first-order chi connectivity index (χ1) is 4.66. The van der Waals surface area contributed by atoms with Crippen LogP contribution in [0.4, 0.5) is 0 Å². The maximum Gasteiger partial charge on any atom is 0.219 e. The molecule has 0 saturated carbocycles. The fraction of sp³-hybridized carbons (Fsp3) is 0.800. The predicted octanol–water partition coefficient (Wildman–Crippen LogP) is -2.37. The molecule has 5 nitrogen and oxygen atoms in total. The Bertz CT molecular complexity index is 145. The number of hydrogen-bond donors (Lipinski definition) is 3. The van der Waals surface area contributed by atoms with Crippen molar-refractivity contribution in [2.24, 2.45) is 0 Å². The number of carbonyl (C=O) groups excluding carboxylic acids is 1. The smallest absolute Gasteiger partial charge is 0.219 e. The fourth-order valence-electron chi connectivity index (χ4n) is 0.779. The number of carbonyl (C=O) groups is 1. The molecule has 0 aromatic rings. The minimum atomic E-state index is -1.58. The second kappa shape index (κ2) is 2.63. The van der Waals surface area contributed by atoms with Gasteiger partial charge >= 0.3 is 0 Å². The number of aliphatic hydroxyl groups is 3. The van der Waals surface area contributed by atoms with Crippen molar-refractivity contribution in [2.75, 3.05) is 6.61 Å². The molecule has 1 aliphatic heterocycles. The van der Waals surface area contributed by atoms with Crippen LogP contribution in [-0.2, 0) is 9.53 Å². The number of rotatable bonds is 1. The molecule has 0 amide bonds. The van der Waals surface area contributed by atoms with E-state index >= 15 is 0 Å². The summed E-state index contributed by atoms with van der Waals surface area (Å²) < 4.78 is 4.44. The van der Waals surface area contributed by atoms with Gasteiger partial charge in [0.15, 0.2) is 0 Å². The maximum atomic E-state index is 10.5. The molecular weight excluding hydrogens is 140 g/mol. The molecule has 1 heterocycles. The zero-order valence-corrected chi connectivity index (χ0v) is 5.10. The van der Waals surface area contributed by atoms with Crippen LogP contribution in [0.1, 0.15) is 0 Å². The molecule has 5 heteroatoms. The summed E-state index contributed by atoms with van der Waals surface area (Å²) in [6.07, 6.45) is -3.94. The molecule has 10 heavy (non-hydrogen) atoms. The summed E-state index contributed by atoms with van der Waals surface area (Å²) >= 11 is 0. The molecule has 58 valence electrons. The van der Waals surface area contributed by atoms with Crippen molar-refractivity contribution < 1.29 is 24.9 Å². The molecule has 1 saturated heterocycles. The number of aliphatic hydroxyl groups excluding tert-OH is 3. The summed E-state index contributed by atoms with van der Waals surface area (Å²) in [4.78, 5) is 10.5. The van der Waals surface area contributed by atoms with E-state index < -0.39 is 30.9 Å². The van der Waals surface area contributed by atoms with Crippen LogP contribution in [0.25, 0.3) is 0 Å². The highest BCUT2D eigenvalue weighted by Gasteiger charge is 2.40. The van der Waals surface area contributed by atoms with Crippen LogP contribution < -0.4 is 0 Å². The summed E-state index contributed by atoms with van der Waals surface area (Å²) in [6.45, 7) is -0.468. The molecule has 1 aliphatic rings. The van der Waals surface area contributed by atoms with Crippen LogP contribution in [0, 0.1) is 0 Å². The van der Waals surface area contributed by atoms with Gasteiger partial charge in [0.1, 0.15) is 12.2 Å². The third-order valence-corrected chi connectivity index (χ3v) is 1.37. The Labute approximate surface area is 56.9 Å². The molecule has 0 aromatic heterocycles. The van der Waals surface area contributed by atoms with Crippen LogP contribution in [0.15, 0.2) is 0 Å². The second-order valence-electron chi connectivity index (χ2n) is 2.06. The molecule has 3 N–H and O–H groups in total. The number of hydrogen-bond acceptors (Lipinski definition) is 5. The zero-order valence-electron chi connectivity index (χ0n) is 5.10. The normalized spacial score (nSPS) is 40.7. The third kappa shape index (κ3) is 1.04. The van der Waals surface area contributed by atoms with Crippen molar-refractivity contribution in [3.8, 4) is 0 Å². The molecule has 0 bridgehead atoms. The number of ketones is 1. The maximum absolute atomic E-state index is 10.5. The van der Waals surface area contributed by atoms with Gasteiger partial charge in [-0.05, 0) is 0 Å². The molecule has 1 rings (SSSR count). The van der Waals surface area contributed by atoms with E-state index in [1.165, 1.54) is 0 Å². The highest BCUT2D eigenvalue weighted by molar-refractivity contribution is 5.88.